The zero-order chi connectivity index (χ0) is 12.5. The van der Waals surface area contributed by atoms with Crippen LogP contribution in [0.5, 0.6) is 0 Å². The maximum absolute atomic E-state index is 13.3. The third-order valence-corrected chi connectivity index (χ3v) is 1.92. The first-order chi connectivity index (χ1) is 7.23. The summed E-state index contributed by atoms with van der Waals surface area (Å²) in [5.74, 6) is -1.07. The largest absolute Gasteiger partial charge is 0.435 e. The molecule has 0 saturated carbocycles. The van der Waals surface area contributed by atoms with E-state index in [1.165, 1.54) is 0 Å². The molecule has 98 valence electrons. The monoisotopic (exact) mass is 292 g/mol. The molecule has 1 aromatic heterocycles. The molecule has 1 heterocycles. The lowest BCUT2D eigenvalue weighted by Crippen LogP contribution is -2.29. The van der Waals surface area contributed by atoms with Crippen LogP contribution >= 0.6 is 24.6 Å². The summed E-state index contributed by atoms with van der Waals surface area (Å²) >= 11 is 4.42. The maximum atomic E-state index is 13.3. The molecule has 0 unspecified atom stereocenters. The van der Waals surface area contributed by atoms with Crippen LogP contribution in [0.4, 0.5) is 17.6 Å². The van der Waals surface area contributed by atoms with Crippen molar-refractivity contribution in [3.05, 3.63) is 17.2 Å². The standard InChI is InChI=1S/C7H8F4N4S.ClH/c1-15-5(8)3(2-13-6(12)16)4(14-15)7(9,10)11;/h2H2,1H3,(H3,12,13,16);1H. The smallest absolute Gasteiger partial charge is 0.376 e. The van der Waals surface area contributed by atoms with Gasteiger partial charge in [0.15, 0.2) is 10.8 Å². The van der Waals surface area contributed by atoms with E-state index in [0.29, 0.717) is 4.68 Å². The number of aryl methyl sites for hydroxylation is 1. The van der Waals surface area contributed by atoms with Crippen LogP contribution in [-0.2, 0) is 19.8 Å². The van der Waals surface area contributed by atoms with Gasteiger partial charge in [-0.25, -0.2) is 4.68 Å². The third-order valence-electron chi connectivity index (χ3n) is 1.78. The molecule has 0 aliphatic carbocycles. The number of hydrogen-bond donors (Lipinski definition) is 2. The van der Waals surface area contributed by atoms with Gasteiger partial charge in [0.1, 0.15) is 0 Å². The molecule has 0 amide bonds. The van der Waals surface area contributed by atoms with E-state index in [4.69, 9.17) is 5.73 Å². The molecule has 1 rings (SSSR count). The molecule has 10 heteroatoms. The molecule has 0 aliphatic rings. The fraction of sp³-hybridized carbons (Fsp3) is 0.429. The summed E-state index contributed by atoms with van der Waals surface area (Å²) in [5, 5.41) is 5.08. The number of halogens is 5. The molecular weight excluding hydrogens is 284 g/mol. The lowest BCUT2D eigenvalue weighted by molar-refractivity contribution is -0.142. The highest BCUT2D eigenvalue weighted by atomic mass is 35.5. The van der Waals surface area contributed by atoms with Gasteiger partial charge in [-0.05, 0) is 12.2 Å². The molecule has 0 fully saturated rings. The number of nitrogens with two attached hydrogens (primary N) is 1. The predicted octanol–water partition coefficient (Wildman–Crippen LogP) is 1.33. The van der Waals surface area contributed by atoms with E-state index in [1.807, 2.05) is 0 Å². The maximum Gasteiger partial charge on any atom is 0.435 e. The van der Waals surface area contributed by atoms with E-state index in [1.54, 1.807) is 0 Å². The lowest BCUT2D eigenvalue weighted by atomic mass is 10.2. The van der Waals surface area contributed by atoms with Crippen LogP contribution in [-0.4, -0.2) is 14.9 Å². The fourth-order valence-electron chi connectivity index (χ4n) is 1.11. The fourth-order valence-corrected chi connectivity index (χ4v) is 1.18. The van der Waals surface area contributed by atoms with Crippen LogP contribution in [0.25, 0.3) is 0 Å². The second-order valence-electron chi connectivity index (χ2n) is 2.96. The normalized spacial score (nSPS) is 10.9. The topological polar surface area (TPSA) is 55.9 Å². The average Bonchev–Trinajstić information content (AvgIpc) is 2.40. The molecule has 0 aromatic carbocycles. The van der Waals surface area contributed by atoms with Gasteiger partial charge in [-0.15, -0.1) is 12.4 Å². The van der Waals surface area contributed by atoms with Gasteiger partial charge < -0.3 is 11.1 Å². The molecule has 0 radical (unpaired) electrons. The van der Waals surface area contributed by atoms with Crippen molar-refractivity contribution >= 4 is 29.7 Å². The Morgan fingerprint density at radius 1 is 1.53 bits per heavy atom. The van der Waals surface area contributed by atoms with Gasteiger partial charge in [0.05, 0.1) is 5.56 Å². The number of hydrogen-bond acceptors (Lipinski definition) is 2. The Hall–Kier alpha value is -1.09. The van der Waals surface area contributed by atoms with Crippen molar-refractivity contribution in [2.24, 2.45) is 12.8 Å². The van der Waals surface area contributed by atoms with E-state index >= 15 is 0 Å². The highest BCUT2D eigenvalue weighted by Crippen LogP contribution is 2.31. The van der Waals surface area contributed by atoms with Crippen molar-refractivity contribution in [1.82, 2.24) is 15.1 Å². The number of nitrogens with zero attached hydrogens (tertiary/aromatic N) is 2. The molecule has 0 atom stereocenters. The summed E-state index contributed by atoms with van der Waals surface area (Å²) in [6.45, 7) is -0.455. The number of rotatable bonds is 2. The van der Waals surface area contributed by atoms with Gasteiger partial charge in [-0.2, -0.15) is 22.7 Å². The highest BCUT2D eigenvalue weighted by molar-refractivity contribution is 7.80. The SMILES string of the molecule is Cl.Cn1nc(C(F)(F)F)c(CNC(N)=S)c1F. The van der Waals surface area contributed by atoms with Crippen molar-refractivity contribution in [2.45, 2.75) is 12.7 Å². The summed E-state index contributed by atoms with van der Waals surface area (Å²) in [6, 6.07) is 0. The van der Waals surface area contributed by atoms with E-state index in [0.717, 1.165) is 7.05 Å². The summed E-state index contributed by atoms with van der Waals surface area (Å²) in [5.41, 5.74) is 3.16. The van der Waals surface area contributed by atoms with Gasteiger partial charge in [0, 0.05) is 13.6 Å². The number of aromatic nitrogens is 2. The summed E-state index contributed by atoms with van der Waals surface area (Å²) in [4.78, 5) is 0. The van der Waals surface area contributed by atoms with Crippen LogP contribution in [0.1, 0.15) is 11.3 Å². The summed E-state index contributed by atoms with van der Waals surface area (Å²) in [6.07, 6.45) is -4.71. The minimum atomic E-state index is -4.71. The lowest BCUT2D eigenvalue weighted by Gasteiger charge is -2.06. The predicted molar refractivity (Wildman–Crippen MR) is 59.0 cm³/mol. The van der Waals surface area contributed by atoms with E-state index in [9.17, 15) is 17.6 Å². The summed E-state index contributed by atoms with van der Waals surface area (Å²) < 4.78 is 51.1. The minimum Gasteiger partial charge on any atom is -0.376 e. The molecule has 1 aromatic rings. The Kier molecular flexibility index (Phi) is 5.14. The third kappa shape index (κ3) is 3.70. The van der Waals surface area contributed by atoms with Crippen molar-refractivity contribution < 1.29 is 17.6 Å². The first-order valence-electron chi connectivity index (χ1n) is 4.05. The van der Waals surface area contributed by atoms with Gasteiger partial charge in [-0.1, -0.05) is 0 Å². The van der Waals surface area contributed by atoms with E-state index < -0.39 is 29.9 Å². The minimum absolute atomic E-state index is 0. The van der Waals surface area contributed by atoms with Crippen molar-refractivity contribution in [3.8, 4) is 0 Å². The van der Waals surface area contributed by atoms with Crippen molar-refractivity contribution in [2.75, 3.05) is 0 Å². The Morgan fingerprint density at radius 2 is 2.06 bits per heavy atom. The van der Waals surface area contributed by atoms with Crippen LogP contribution in [0.15, 0.2) is 0 Å². The van der Waals surface area contributed by atoms with Gasteiger partial charge in [-0.3, -0.25) is 0 Å². The quantitative estimate of drug-likeness (QED) is 0.638. The zero-order valence-electron chi connectivity index (χ0n) is 8.51. The van der Waals surface area contributed by atoms with Gasteiger partial charge >= 0.3 is 6.18 Å². The molecule has 4 nitrogen and oxygen atoms in total. The molecule has 17 heavy (non-hydrogen) atoms. The molecule has 0 saturated heterocycles. The first-order valence-corrected chi connectivity index (χ1v) is 4.46. The first kappa shape index (κ1) is 15.9. The Morgan fingerprint density at radius 3 is 2.47 bits per heavy atom. The summed E-state index contributed by atoms with van der Waals surface area (Å²) in [7, 11) is 1.08. The zero-order valence-corrected chi connectivity index (χ0v) is 10.1. The number of thiocarbonyl (C=S) groups is 1. The molecule has 0 bridgehead atoms. The molecular formula is C7H9ClF4N4S. The number of alkyl halides is 3. The van der Waals surface area contributed by atoms with Crippen molar-refractivity contribution in [3.63, 3.8) is 0 Å². The second-order valence-corrected chi connectivity index (χ2v) is 3.40. The van der Waals surface area contributed by atoms with Crippen LogP contribution < -0.4 is 11.1 Å². The number of nitrogens with one attached hydrogen (secondary N) is 1. The second kappa shape index (κ2) is 5.50. The van der Waals surface area contributed by atoms with Crippen molar-refractivity contribution in [1.29, 1.82) is 0 Å². The highest BCUT2D eigenvalue weighted by Gasteiger charge is 2.38. The molecule has 3 N–H and O–H groups in total. The average molecular weight is 293 g/mol. The van der Waals surface area contributed by atoms with E-state index in [2.05, 4.69) is 22.6 Å². The Bertz CT molecular complexity index is 417. The van der Waals surface area contributed by atoms with Crippen LogP contribution in [0, 0.1) is 5.95 Å². The van der Waals surface area contributed by atoms with Gasteiger partial charge in [0.2, 0.25) is 5.95 Å². The van der Waals surface area contributed by atoms with Crippen LogP contribution in [0.2, 0.25) is 0 Å². The van der Waals surface area contributed by atoms with Gasteiger partial charge in [0.25, 0.3) is 0 Å². The molecule has 0 aliphatic heterocycles. The van der Waals surface area contributed by atoms with E-state index in [-0.39, 0.29) is 17.5 Å². The molecule has 0 spiro atoms. The Balaban J connectivity index is 0.00000256. The Labute approximate surface area is 106 Å². The van der Waals surface area contributed by atoms with Crippen LogP contribution in [0.3, 0.4) is 0 Å².